The maximum Gasteiger partial charge on any atom is 0.0233 e. The maximum absolute atomic E-state index is 3.58. The van der Waals surface area contributed by atoms with Gasteiger partial charge in [0, 0.05) is 5.41 Å². The van der Waals surface area contributed by atoms with E-state index < -0.39 is 0 Å². The molecule has 186 valence electrons. The monoisotopic (exact) mass is 450 g/mol. The van der Waals surface area contributed by atoms with E-state index in [0.29, 0.717) is 10.8 Å². The molecule has 8 atom stereocenters. The number of fused-ring (bicyclic) bond motifs is 5. The molecule has 0 heteroatoms. The molecule has 4 rings (SSSR count). The highest BCUT2D eigenvalue weighted by Gasteiger charge is 2.60. The van der Waals surface area contributed by atoms with Crippen molar-refractivity contribution in [3.05, 3.63) is 11.6 Å². The summed E-state index contributed by atoms with van der Waals surface area (Å²) < 4.78 is 0. The van der Waals surface area contributed by atoms with Crippen LogP contribution < -0.4 is 0 Å². The fourth-order valence-corrected chi connectivity index (χ4v) is 9.27. The summed E-state index contributed by atoms with van der Waals surface area (Å²) in [6.45, 7) is 19.5. The van der Waals surface area contributed by atoms with Gasteiger partial charge in [-0.2, -0.15) is 0 Å². The second kappa shape index (κ2) is 9.40. The smallest absolute Gasteiger partial charge is 0.0233 e. The molecular formula is C33H54. The molecule has 33 heavy (non-hydrogen) atoms. The zero-order chi connectivity index (χ0) is 24.0. The number of hydrogen-bond acceptors (Lipinski definition) is 0. The Morgan fingerprint density at radius 1 is 0.939 bits per heavy atom. The van der Waals surface area contributed by atoms with Crippen LogP contribution in [-0.2, 0) is 0 Å². The summed E-state index contributed by atoms with van der Waals surface area (Å²) in [5.74, 6) is 13.7. The van der Waals surface area contributed by atoms with Gasteiger partial charge < -0.3 is 0 Å². The van der Waals surface area contributed by atoms with Crippen molar-refractivity contribution in [3.63, 3.8) is 0 Å². The van der Waals surface area contributed by atoms with Crippen LogP contribution in [0.1, 0.15) is 126 Å². The summed E-state index contributed by atoms with van der Waals surface area (Å²) >= 11 is 0. The zero-order valence-corrected chi connectivity index (χ0v) is 23.4. The van der Waals surface area contributed by atoms with Gasteiger partial charge in [-0.3, -0.25) is 0 Å². The summed E-state index contributed by atoms with van der Waals surface area (Å²) in [5, 5.41) is 0. The van der Waals surface area contributed by atoms with Crippen molar-refractivity contribution in [2.75, 3.05) is 0 Å². The van der Waals surface area contributed by atoms with Gasteiger partial charge in [-0.1, -0.05) is 71.8 Å². The molecule has 3 fully saturated rings. The van der Waals surface area contributed by atoms with E-state index in [2.05, 4.69) is 73.3 Å². The average Bonchev–Trinajstić information content (AvgIpc) is 3.08. The van der Waals surface area contributed by atoms with E-state index in [9.17, 15) is 0 Å². The van der Waals surface area contributed by atoms with Gasteiger partial charge in [0.15, 0.2) is 0 Å². The van der Waals surface area contributed by atoms with Crippen molar-refractivity contribution < 1.29 is 0 Å². The van der Waals surface area contributed by atoms with Gasteiger partial charge in [-0.05, 0) is 130 Å². The molecule has 3 saturated carbocycles. The van der Waals surface area contributed by atoms with Gasteiger partial charge in [-0.25, -0.2) is 0 Å². The molecule has 0 N–H and O–H groups in total. The summed E-state index contributed by atoms with van der Waals surface area (Å²) in [5.41, 5.74) is 2.70. The summed E-state index contributed by atoms with van der Waals surface area (Å²) in [6, 6.07) is 0. The van der Waals surface area contributed by atoms with Crippen molar-refractivity contribution in [1.29, 1.82) is 0 Å². The van der Waals surface area contributed by atoms with Crippen LogP contribution in [-0.4, -0.2) is 0 Å². The van der Waals surface area contributed by atoms with Crippen LogP contribution >= 0.6 is 0 Å². The molecule has 0 saturated heterocycles. The molecule has 0 bridgehead atoms. The number of allylic oxidation sites excluding steroid dienone is 2. The minimum Gasteiger partial charge on any atom is -0.0923 e. The van der Waals surface area contributed by atoms with Crippen molar-refractivity contribution in [3.8, 4) is 11.8 Å². The fraction of sp³-hybridized carbons (Fsp3) is 0.879. The van der Waals surface area contributed by atoms with Crippen molar-refractivity contribution in [2.45, 2.75) is 126 Å². The van der Waals surface area contributed by atoms with Crippen molar-refractivity contribution in [1.82, 2.24) is 0 Å². The molecule has 4 aliphatic rings. The fourth-order valence-electron chi connectivity index (χ4n) is 9.27. The molecule has 0 aromatic rings. The third-order valence-electron chi connectivity index (χ3n) is 11.1. The predicted octanol–water partition coefficient (Wildman–Crippen LogP) is 9.69. The Kier molecular flexibility index (Phi) is 7.23. The van der Waals surface area contributed by atoms with Crippen LogP contribution in [0.2, 0.25) is 0 Å². The molecule has 0 amide bonds. The molecule has 0 spiro atoms. The van der Waals surface area contributed by atoms with E-state index >= 15 is 0 Å². The largest absolute Gasteiger partial charge is 0.0923 e. The van der Waals surface area contributed by atoms with Crippen LogP contribution in [0, 0.1) is 69.5 Å². The third-order valence-corrected chi connectivity index (χ3v) is 11.1. The first-order chi connectivity index (χ1) is 15.4. The van der Waals surface area contributed by atoms with Crippen LogP contribution in [0.25, 0.3) is 0 Å². The molecule has 0 unspecified atom stereocenters. The number of hydrogen-bond donors (Lipinski definition) is 0. The Hall–Kier alpha value is -0.700. The lowest BCUT2D eigenvalue weighted by molar-refractivity contribution is -0.101. The molecular weight excluding hydrogens is 396 g/mol. The molecule has 0 nitrogen and oxygen atoms in total. The predicted molar refractivity (Wildman–Crippen MR) is 144 cm³/mol. The third kappa shape index (κ3) is 5.00. The lowest BCUT2D eigenvalue weighted by atomic mass is 9.45. The van der Waals surface area contributed by atoms with E-state index in [1.165, 1.54) is 76.2 Å². The summed E-state index contributed by atoms with van der Waals surface area (Å²) in [4.78, 5) is 0. The Morgan fingerprint density at radius 2 is 1.67 bits per heavy atom. The first-order valence-electron chi connectivity index (χ1n) is 14.7. The second-order valence-electron chi connectivity index (χ2n) is 14.8. The second-order valence-corrected chi connectivity index (χ2v) is 14.8. The highest BCUT2D eigenvalue weighted by atomic mass is 14.6. The van der Waals surface area contributed by atoms with Gasteiger partial charge in [0.2, 0.25) is 0 Å². The van der Waals surface area contributed by atoms with Gasteiger partial charge in [-0.15, -0.1) is 0 Å². The Bertz CT molecular complexity index is 781. The van der Waals surface area contributed by atoms with Gasteiger partial charge >= 0.3 is 0 Å². The Morgan fingerprint density at radius 3 is 2.36 bits per heavy atom. The molecule has 4 aliphatic carbocycles. The van der Waals surface area contributed by atoms with E-state index in [0.717, 1.165) is 41.4 Å². The van der Waals surface area contributed by atoms with Crippen molar-refractivity contribution in [2.24, 2.45) is 57.7 Å². The van der Waals surface area contributed by atoms with Gasteiger partial charge in [0.1, 0.15) is 0 Å². The number of rotatable bonds is 5. The standard InChI is InChI=1S/C33H54/c1-23(2)10-9-11-24(3)28-14-15-29-27-13-12-26-22-25(16-19-31(4,5)6)17-20-32(26,7)30(27)18-21-33(28,29)8/h17,23-24,26-30H,9-15,18,20-22H2,1-8H3/t24-,26+,27-,28+,29-,30-,32+,33-/m1/s1. The Labute approximate surface area is 207 Å². The molecule has 0 aromatic carbocycles. The first kappa shape index (κ1) is 25.4. The van der Waals surface area contributed by atoms with Crippen LogP contribution in [0.4, 0.5) is 0 Å². The zero-order valence-electron chi connectivity index (χ0n) is 23.4. The van der Waals surface area contributed by atoms with Crippen LogP contribution in [0.3, 0.4) is 0 Å². The molecule has 0 radical (unpaired) electrons. The average molecular weight is 451 g/mol. The SMILES string of the molecule is CC(C)CCC[C@@H](C)[C@@H]1CC[C@@H]2[C@H]3CC[C@H]4CC(C#CC(C)(C)C)=CC[C@]4(C)[C@@H]3CC[C@@]21C. The molecule has 0 heterocycles. The van der Waals surface area contributed by atoms with Gasteiger partial charge in [0.25, 0.3) is 0 Å². The maximum atomic E-state index is 3.58. The lowest BCUT2D eigenvalue weighted by Gasteiger charge is -2.60. The van der Waals surface area contributed by atoms with E-state index in [1.807, 2.05) is 0 Å². The van der Waals surface area contributed by atoms with Gasteiger partial charge in [0.05, 0.1) is 0 Å². The molecule has 0 aromatic heterocycles. The van der Waals surface area contributed by atoms with E-state index in [-0.39, 0.29) is 5.41 Å². The van der Waals surface area contributed by atoms with Crippen LogP contribution in [0.15, 0.2) is 11.6 Å². The van der Waals surface area contributed by atoms with Crippen molar-refractivity contribution >= 4 is 0 Å². The first-order valence-corrected chi connectivity index (χ1v) is 14.7. The quantitative estimate of drug-likeness (QED) is 0.366. The summed E-state index contributed by atoms with van der Waals surface area (Å²) in [7, 11) is 0. The topological polar surface area (TPSA) is 0 Å². The molecule has 0 aliphatic heterocycles. The van der Waals surface area contributed by atoms with E-state index in [4.69, 9.17) is 0 Å². The highest BCUT2D eigenvalue weighted by Crippen LogP contribution is 2.68. The lowest BCUT2D eigenvalue weighted by Crippen LogP contribution is -2.52. The highest BCUT2D eigenvalue weighted by molar-refractivity contribution is 5.33. The minimum atomic E-state index is 0.109. The summed E-state index contributed by atoms with van der Waals surface area (Å²) in [6.07, 6.45) is 18.4. The van der Waals surface area contributed by atoms with Crippen LogP contribution in [0.5, 0.6) is 0 Å². The Balaban J connectivity index is 1.46. The van der Waals surface area contributed by atoms with E-state index in [1.54, 1.807) is 0 Å². The minimum absolute atomic E-state index is 0.109. The normalized spacial score (nSPS) is 41.4.